The summed E-state index contributed by atoms with van der Waals surface area (Å²) in [7, 11) is 1.92. The molecule has 1 saturated carbocycles. The second-order valence-corrected chi connectivity index (χ2v) is 8.07. The summed E-state index contributed by atoms with van der Waals surface area (Å²) in [6.45, 7) is 2.09. The van der Waals surface area contributed by atoms with Crippen LogP contribution in [0.15, 0.2) is 24.3 Å². The molecule has 1 aromatic carbocycles. The van der Waals surface area contributed by atoms with Crippen molar-refractivity contribution in [1.29, 1.82) is 0 Å². The SMILES string of the molecule is CC1CC1C(=O)Nc1ccc(C(=O)N(C)C2CC3CCC(C2)N3)cc1.Cl. The number of carbonyl (C=O) groups excluding carboxylic acids is 2. The number of hydrogen-bond acceptors (Lipinski definition) is 3. The third kappa shape index (κ3) is 3.89. The molecule has 2 amide bonds. The van der Waals surface area contributed by atoms with E-state index in [-0.39, 0.29) is 30.1 Å². The second kappa shape index (κ2) is 7.57. The van der Waals surface area contributed by atoms with Gasteiger partial charge in [0.15, 0.2) is 0 Å². The first-order chi connectivity index (χ1) is 12.0. The molecular weight excluding hydrogens is 350 g/mol. The normalized spacial score (nSPS) is 31.7. The highest BCUT2D eigenvalue weighted by atomic mass is 35.5. The maximum absolute atomic E-state index is 12.8. The zero-order chi connectivity index (χ0) is 17.6. The molecule has 6 heteroatoms. The third-order valence-corrected chi connectivity index (χ3v) is 6.16. The number of carbonyl (C=O) groups is 2. The first-order valence-electron chi connectivity index (χ1n) is 9.45. The molecule has 1 aliphatic carbocycles. The van der Waals surface area contributed by atoms with E-state index in [1.54, 1.807) is 0 Å². The number of halogens is 1. The van der Waals surface area contributed by atoms with E-state index in [0.717, 1.165) is 24.9 Å². The van der Waals surface area contributed by atoms with Gasteiger partial charge in [-0.15, -0.1) is 12.4 Å². The van der Waals surface area contributed by atoms with Crippen LogP contribution in [0.5, 0.6) is 0 Å². The maximum Gasteiger partial charge on any atom is 0.253 e. The summed E-state index contributed by atoms with van der Waals surface area (Å²) in [5.74, 6) is 0.811. The fourth-order valence-electron chi connectivity index (χ4n) is 4.33. The highest BCUT2D eigenvalue weighted by Gasteiger charge is 2.39. The summed E-state index contributed by atoms with van der Waals surface area (Å²) in [5, 5.41) is 6.56. The molecule has 2 N–H and O–H groups in total. The molecule has 2 aliphatic heterocycles. The molecule has 1 aromatic rings. The Morgan fingerprint density at radius 2 is 1.65 bits per heavy atom. The summed E-state index contributed by atoms with van der Waals surface area (Å²) in [6, 6.07) is 8.77. The van der Waals surface area contributed by atoms with Crippen molar-refractivity contribution in [3.63, 3.8) is 0 Å². The Labute approximate surface area is 161 Å². The molecule has 2 saturated heterocycles. The number of hydrogen-bond donors (Lipinski definition) is 2. The average molecular weight is 378 g/mol. The van der Waals surface area contributed by atoms with Gasteiger partial charge < -0.3 is 15.5 Å². The number of nitrogens with zero attached hydrogens (tertiary/aromatic N) is 1. The quantitative estimate of drug-likeness (QED) is 0.847. The molecule has 26 heavy (non-hydrogen) atoms. The van der Waals surface area contributed by atoms with Crippen LogP contribution in [-0.2, 0) is 4.79 Å². The lowest BCUT2D eigenvalue weighted by Crippen LogP contribution is -2.48. The van der Waals surface area contributed by atoms with E-state index in [2.05, 4.69) is 17.6 Å². The van der Waals surface area contributed by atoms with Gasteiger partial charge in [0.05, 0.1) is 0 Å². The second-order valence-electron chi connectivity index (χ2n) is 8.07. The molecule has 5 nitrogen and oxygen atoms in total. The van der Waals surface area contributed by atoms with E-state index in [4.69, 9.17) is 0 Å². The number of piperidine rings is 1. The molecule has 0 spiro atoms. The summed E-state index contributed by atoms with van der Waals surface area (Å²) in [6.07, 6.45) is 5.54. The molecule has 0 radical (unpaired) electrons. The summed E-state index contributed by atoms with van der Waals surface area (Å²) in [4.78, 5) is 26.7. The Kier molecular flexibility index (Phi) is 5.58. The predicted molar refractivity (Wildman–Crippen MR) is 105 cm³/mol. The van der Waals surface area contributed by atoms with Crippen molar-refractivity contribution in [2.24, 2.45) is 11.8 Å². The van der Waals surface area contributed by atoms with Gasteiger partial charge in [-0.25, -0.2) is 0 Å². The Morgan fingerprint density at radius 3 is 2.19 bits per heavy atom. The molecule has 3 aliphatic rings. The van der Waals surface area contributed by atoms with Gasteiger partial charge in [-0.3, -0.25) is 9.59 Å². The van der Waals surface area contributed by atoms with Crippen LogP contribution in [0, 0.1) is 11.8 Å². The highest BCUT2D eigenvalue weighted by molar-refractivity contribution is 5.97. The fourth-order valence-corrected chi connectivity index (χ4v) is 4.33. The van der Waals surface area contributed by atoms with E-state index < -0.39 is 0 Å². The third-order valence-electron chi connectivity index (χ3n) is 6.16. The van der Waals surface area contributed by atoms with Gasteiger partial charge in [-0.1, -0.05) is 6.92 Å². The van der Waals surface area contributed by atoms with Crippen LogP contribution in [0.1, 0.15) is 49.4 Å². The van der Waals surface area contributed by atoms with Gasteiger partial charge in [0.2, 0.25) is 5.91 Å². The zero-order valence-corrected chi connectivity index (χ0v) is 16.2. The van der Waals surface area contributed by atoms with Gasteiger partial charge in [0.25, 0.3) is 5.91 Å². The van der Waals surface area contributed by atoms with Crippen LogP contribution >= 0.6 is 12.4 Å². The molecule has 142 valence electrons. The van der Waals surface area contributed by atoms with Crippen molar-refractivity contribution in [3.05, 3.63) is 29.8 Å². The molecule has 4 atom stereocenters. The monoisotopic (exact) mass is 377 g/mol. The van der Waals surface area contributed by atoms with Crippen LogP contribution < -0.4 is 10.6 Å². The minimum Gasteiger partial charge on any atom is -0.339 e. The molecule has 3 fully saturated rings. The van der Waals surface area contributed by atoms with E-state index in [1.165, 1.54) is 12.8 Å². The smallest absolute Gasteiger partial charge is 0.253 e. The van der Waals surface area contributed by atoms with Crippen molar-refractivity contribution in [2.75, 3.05) is 12.4 Å². The van der Waals surface area contributed by atoms with Gasteiger partial charge in [-0.2, -0.15) is 0 Å². The largest absolute Gasteiger partial charge is 0.339 e. The highest BCUT2D eigenvalue weighted by Crippen LogP contribution is 2.38. The van der Waals surface area contributed by atoms with Crippen LogP contribution in [0.3, 0.4) is 0 Å². The topological polar surface area (TPSA) is 61.4 Å². The number of amides is 2. The number of rotatable bonds is 4. The standard InChI is InChI=1S/C20H27N3O2.ClH/c1-12-9-18(12)19(24)22-14-5-3-13(4-6-14)20(25)23(2)17-10-15-7-8-16(11-17)21-15;/h3-6,12,15-18,21H,7-11H2,1-2H3,(H,22,24);1H. The van der Waals surface area contributed by atoms with Gasteiger partial charge in [0, 0.05) is 42.3 Å². The lowest BCUT2D eigenvalue weighted by molar-refractivity contribution is -0.117. The Hall–Kier alpha value is -1.59. The molecule has 2 heterocycles. The number of nitrogens with one attached hydrogen (secondary N) is 2. The lowest BCUT2D eigenvalue weighted by Gasteiger charge is -2.35. The van der Waals surface area contributed by atoms with E-state index in [0.29, 0.717) is 29.6 Å². The lowest BCUT2D eigenvalue weighted by atomic mass is 9.98. The minimum absolute atomic E-state index is 0. The van der Waals surface area contributed by atoms with E-state index in [9.17, 15) is 9.59 Å². The van der Waals surface area contributed by atoms with Crippen LogP contribution in [-0.4, -0.2) is 41.9 Å². The van der Waals surface area contributed by atoms with Crippen molar-refractivity contribution >= 4 is 29.9 Å². The number of anilines is 1. The van der Waals surface area contributed by atoms with Crippen LogP contribution in [0.25, 0.3) is 0 Å². The average Bonchev–Trinajstić information content (AvgIpc) is 3.27. The fraction of sp³-hybridized carbons (Fsp3) is 0.600. The molecule has 0 aromatic heterocycles. The van der Waals surface area contributed by atoms with E-state index in [1.807, 2.05) is 36.2 Å². The Bertz CT molecular complexity index is 666. The first kappa shape index (κ1) is 19.2. The molecule has 4 unspecified atom stereocenters. The Morgan fingerprint density at radius 1 is 1.08 bits per heavy atom. The first-order valence-corrected chi connectivity index (χ1v) is 9.45. The van der Waals surface area contributed by atoms with Crippen molar-refractivity contribution in [1.82, 2.24) is 10.2 Å². The van der Waals surface area contributed by atoms with Gasteiger partial charge >= 0.3 is 0 Å². The van der Waals surface area contributed by atoms with Gasteiger partial charge in [-0.05, 0) is 62.3 Å². The number of fused-ring (bicyclic) bond motifs is 2. The maximum atomic E-state index is 12.8. The zero-order valence-electron chi connectivity index (χ0n) is 15.4. The van der Waals surface area contributed by atoms with Crippen LogP contribution in [0.4, 0.5) is 5.69 Å². The minimum atomic E-state index is 0. The van der Waals surface area contributed by atoms with Gasteiger partial charge in [0.1, 0.15) is 0 Å². The molecule has 4 rings (SSSR count). The molecular formula is C20H28ClN3O2. The van der Waals surface area contributed by atoms with Crippen molar-refractivity contribution in [3.8, 4) is 0 Å². The van der Waals surface area contributed by atoms with Crippen LogP contribution in [0.2, 0.25) is 0 Å². The summed E-state index contributed by atoms with van der Waals surface area (Å²) in [5.41, 5.74) is 1.45. The van der Waals surface area contributed by atoms with Crippen molar-refractivity contribution < 1.29 is 9.59 Å². The van der Waals surface area contributed by atoms with Crippen molar-refractivity contribution in [2.45, 2.75) is 57.2 Å². The predicted octanol–water partition coefficient (Wildman–Crippen LogP) is 3.06. The summed E-state index contributed by atoms with van der Waals surface area (Å²) < 4.78 is 0. The summed E-state index contributed by atoms with van der Waals surface area (Å²) >= 11 is 0. The number of benzene rings is 1. The van der Waals surface area contributed by atoms with E-state index >= 15 is 0 Å². The molecule has 2 bridgehead atoms. The Balaban J connectivity index is 0.00000196.